The summed E-state index contributed by atoms with van der Waals surface area (Å²) in [4.78, 5) is 17.8. The van der Waals surface area contributed by atoms with Gasteiger partial charge in [0.25, 0.3) is 5.91 Å². The number of thiazole rings is 1. The highest BCUT2D eigenvalue weighted by Gasteiger charge is 2.10. The van der Waals surface area contributed by atoms with E-state index in [-0.39, 0.29) is 5.91 Å². The maximum absolute atomic E-state index is 12.3. The summed E-state index contributed by atoms with van der Waals surface area (Å²) >= 11 is 2.90. The molecule has 0 atom stereocenters. The minimum atomic E-state index is -0.221. The molecular weight excluding hydrogens is 324 g/mol. The molecule has 2 heterocycles. The van der Waals surface area contributed by atoms with Gasteiger partial charge in [0, 0.05) is 0 Å². The zero-order valence-corrected chi connectivity index (χ0v) is 14.6. The third-order valence-electron chi connectivity index (χ3n) is 3.55. The Balaban J connectivity index is 2.17. The zero-order valence-electron chi connectivity index (χ0n) is 12.9. The monoisotopic (exact) mass is 340 g/mol. The Morgan fingerprint density at radius 3 is 2.87 bits per heavy atom. The smallest absolute Gasteiger partial charge is 0.289 e. The van der Waals surface area contributed by atoms with Gasteiger partial charge in [-0.05, 0) is 35.1 Å². The average Bonchev–Trinajstić information content (AvgIpc) is 3.16. The first kappa shape index (κ1) is 15.7. The molecule has 2 aromatic heterocycles. The molecule has 0 bridgehead atoms. The van der Waals surface area contributed by atoms with E-state index in [1.807, 2.05) is 16.0 Å². The van der Waals surface area contributed by atoms with E-state index in [0.29, 0.717) is 22.1 Å². The van der Waals surface area contributed by atoms with Crippen molar-refractivity contribution in [2.75, 3.05) is 0 Å². The fourth-order valence-corrected chi connectivity index (χ4v) is 4.00. The molecule has 0 saturated carbocycles. The van der Waals surface area contributed by atoms with Gasteiger partial charge >= 0.3 is 0 Å². The SMILES string of the molecule is C#CCn1c(=NC(=O)c2cccs2)sc2cc(C(C)C)ccc21. The van der Waals surface area contributed by atoms with Gasteiger partial charge in [-0.15, -0.1) is 17.8 Å². The number of carbonyl (C=O) groups excluding carboxylic acids is 1. The van der Waals surface area contributed by atoms with Gasteiger partial charge in [0.15, 0.2) is 4.80 Å². The van der Waals surface area contributed by atoms with Crippen LogP contribution < -0.4 is 4.80 Å². The maximum Gasteiger partial charge on any atom is 0.289 e. The lowest BCUT2D eigenvalue weighted by Gasteiger charge is -2.05. The van der Waals surface area contributed by atoms with Crippen LogP contribution in [0.15, 0.2) is 40.7 Å². The van der Waals surface area contributed by atoms with Crippen LogP contribution in [-0.2, 0) is 6.54 Å². The molecule has 0 aliphatic heterocycles. The summed E-state index contributed by atoms with van der Waals surface area (Å²) in [5, 5.41) is 1.87. The van der Waals surface area contributed by atoms with Crippen LogP contribution >= 0.6 is 22.7 Å². The summed E-state index contributed by atoms with van der Waals surface area (Å²) in [6, 6.07) is 9.96. The van der Waals surface area contributed by atoms with Gasteiger partial charge in [0.2, 0.25) is 0 Å². The van der Waals surface area contributed by atoms with Crippen LogP contribution in [0.4, 0.5) is 0 Å². The lowest BCUT2D eigenvalue weighted by Crippen LogP contribution is -2.16. The number of terminal acetylenes is 1. The third-order valence-corrected chi connectivity index (χ3v) is 5.45. The number of hydrogen-bond acceptors (Lipinski definition) is 3. The number of aromatic nitrogens is 1. The Morgan fingerprint density at radius 1 is 1.39 bits per heavy atom. The van der Waals surface area contributed by atoms with Crippen LogP contribution in [0.1, 0.15) is 35.0 Å². The first-order valence-corrected chi connectivity index (χ1v) is 8.99. The lowest BCUT2D eigenvalue weighted by atomic mass is 10.0. The van der Waals surface area contributed by atoms with Gasteiger partial charge in [0.1, 0.15) is 0 Å². The summed E-state index contributed by atoms with van der Waals surface area (Å²) in [6.07, 6.45) is 5.49. The Hall–Kier alpha value is -2.16. The van der Waals surface area contributed by atoms with E-state index >= 15 is 0 Å². The van der Waals surface area contributed by atoms with Crippen molar-refractivity contribution in [2.45, 2.75) is 26.3 Å². The van der Waals surface area contributed by atoms with Gasteiger partial charge in [-0.1, -0.05) is 43.2 Å². The fraction of sp³-hybridized carbons (Fsp3) is 0.222. The lowest BCUT2D eigenvalue weighted by molar-refractivity contribution is 0.100. The van der Waals surface area contributed by atoms with Gasteiger partial charge in [0.05, 0.1) is 21.6 Å². The molecule has 0 fully saturated rings. The standard InChI is InChI=1S/C18H16N2OS2/c1-4-9-20-14-8-7-13(12(2)3)11-16(14)23-18(20)19-17(21)15-6-5-10-22-15/h1,5-8,10-12H,9H2,2-3H3. The average molecular weight is 340 g/mol. The molecule has 3 nitrogen and oxygen atoms in total. The Morgan fingerprint density at radius 2 is 2.22 bits per heavy atom. The van der Waals surface area contributed by atoms with Crippen LogP contribution in [0.25, 0.3) is 10.2 Å². The Kier molecular flexibility index (Phi) is 4.46. The number of carbonyl (C=O) groups is 1. The largest absolute Gasteiger partial charge is 0.305 e. The predicted octanol–water partition coefficient (Wildman–Crippen LogP) is 4.26. The summed E-state index contributed by atoms with van der Waals surface area (Å²) in [6.45, 7) is 4.73. The fourth-order valence-electron chi connectivity index (χ4n) is 2.32. The highest BCUT2D eigenvalue weighted by atomic mass is 32.1. The molecule has 0 N–H and O–H groups in total. The minimum Gasteiger partial charge on any atom is -0.305 e. The number of amides is 1. The second-order valence-corrected chi connectivity index (χ2v) is 7.41. The highest BCUT2D eigenvalue weighted by Crippen LogP contribution is 2.23. The van der Waals surface area contributed by atoms with Crippen LogP contribution in [-0.4, -0.2) is 10.5 Å². The van der Waals surface area contributed by atoms with E-state index in [2.05, 4.69) is 43.0 Å². The predicted molar refractivity (Wildman–Crippen MR) is 96.9 cm³/mol. The van der Waals surface area contributed by atoms with Gasteiger partial charge in [-0.3, -0.25) is 4.79 Å². The number of fused-ring (bicyclic) bond motifs is 1. The molecule has 0 aliphatic rings. The van der Waals surface area contributed by atoms with E-state index in [1.165, 1.54) is 28.2 Å². The molecule has 1 aromatic carbocycles. The summed E-state index contributed by atoms with van der Waals surface area (Å²) in [5.74, 6) is 2.88. The van der Waals surface area contributed by atoms with Crippen LogP contribution in [0, 0.1) is 12.3 Å². The van der Waals surface area contributed by atoms with E-state index < -0.39 is 0 Å². The first-order chi connectivity index (χ1) is 11.1. The van der Waals surface area contributed by atoms with Crippen molar-refractivity contribution < 1.29 is 4.79 Å². The number of nitrogens with zero attached hydrogens (tertiary/aromatic N) is 2. The topological polar surface area (TPSA) is 34.4 Å². The van der Waals surface area contributed by atoms with E-state index in [1.54, 1.807) is 6.07 Å². The zero-order chi connectivity index (χ0) is 16.4. The van der Waals surface area contributed by atoms with Crippen molar-refractivity contribution in [3.05, 3.63) is 51.0 Å². The Bertz CT molecular complexity index is 953. The molecule has 0 radical (unpaired) electrons. The molecular formula is C18H16N2OS2. The number of thiophene rings is 1. The molecule has 3 rings (SSSR count). The van der Waals surface area contributed by atoms with E-state index in [9.17, 15) is 4.79 Å². The van der Waals surface area contributed by atoms with E-state index in [4.69, 9.17) is 6.42 Å². The summed E-state index contributed by atoms with van der Waals surface area (Å²) in [7, 11) is 0. The molecule has 1 amide bonds. The van der Waals surface area contributed by atoms with Crippen LogP contribution in [0.3, 0.4) is 0 Å². The van der Waals surface area contributed by atoms with Crippen molar-refractivity contribution in [2.24, 2.45) is 4.99 Å². The molecule has 0 saturated heterocycles. The van der Waals surface area contributed by atoms with Crippen molar-refractivity contribution in [1.29, 1.82) is 0 Å². The van der Waals surface area contributed by atoms with E-state index in [0.717, 1.165) is 10.2 Å². The number of benzene rings is 1. The van der Waals surface area contributed by atoms with Crippen LogP contribution in [0.5, 0.6) is 0 Å². The summed E-state index contributed by atoms with van der Waals surface area (Å²) in [5.41, 5.74) is 2.29. The number of rotatable bonds is 3. The van der Waals surface area contributed by atoms with Gasteiger partial charge in [-0.25, -0.2) is 0 Å². The molecule has 0 spiro atoms. The summed E-state index contributed by atoms with van der Waals surface area (Å²) < 4.78 is 3.03. The first-order valence-electron chi connectivity index (χ1n) is 7.29. The Labute approximate surface area is 142 Å². The molecule has 5 heteroatoms. The van der Waals surface area contributed by atoms with Crippen molar-refractivity contribution >= 4 is 38.8 Å². The highest BCUT2D eigenvalue weighted by molar-refractivity contribution is 7.16. The third kappa shape index (κ3) is 3.14. The molecule has 23 heavy (non-hydrogen) atoms. The van der Waals surface area contributed by atoms with Gasteiger partial charge in [-0.2, -0.15) is 4.99 Å². The van der Waals surface area contributed by atoms with Crippen LogP contribution in [0.2, 0.25) is 0 Å². The quantitative estimate of drug-likeness (QED) is 0.656. The minimum absolute atomic E-state index is 0.221. The molecule has 0 aliphatic carbocycles. The van der Waals surface area contributed by atoms with Crippen molar-refractivity contribution in [3.8, 4) is 12.3 Å². The normalized spacial score (nSPS) is 12.0. The maximum atomic E-state index is 12.3. The molecule has 3 aromatic rings. The molecule has 116 valence electrons. The number of hydrogen-bond donors (Lipinski definition) is 0. The van der Waals surface area contributed by atoms with Crippen molar-refractivity contribution in [1.82, 2.24) is 4.57 Å². The second-order valence-electron chi connectivity index (χ2n) is 5.45. The molecule has 0 unspecified atom stereocenters. The van der Waals surface area contributed by atoms with Gasteiger partial charge < -0.3 is 4.57 Å². The second kappa shape index (κ2) is 6.53. The van der Waals surface area contributed by atoms with Crippen molar-refractivity contribution in [3.63, 3.8) is 0 Å².